The lowest BCUT2D eigenvalue weighted by Crippen LogP contribution is -2.39. The highest BCUT2D eigenvalue weighted by atomic mass is 127. The number of ether oxygens (including phenoxy) is 1. The number of alkyl halides is 2. The molecule has 5 nitrogen and oxygen atoms in total. The highest BCUT2D eigenvalue weighted by molar-refractivity contribution is 14.0. The number of hydrogen-bond acceptors (Lipinski definition) is 3. The smallest absolute Gasteiger partial charge is 0.387 e. The zero-order valence-corrected chi connectivity index (χ0v) is 20.2. The predicted octanol–water partition coefficient (Wildman–Crippen LogP) is 4.22. The van der Waals surface area contributed by atoms with Crippen LogP contribution in [0.15, 0.2) is 53.5 Å². The summed E-state index contributed by atoms with van der Waals surface area (Å²) in [6, 6.07) is 14.7. The number of benzene rings is 2. The minimum Gasteiger partial charge on any atom is -0.434 e. The first-order chi connectivity index (χ1) is 14.0. The predicted molar refractivity (Wildman–Crippen MR) is 129 cm³/mol. The van der Waals surface area contributed by atoms with Gasteiger partial charge in [-0.25, -0.2) is 4.99 Å². The molecule has 2 aromatic rings. The highest BCUT2D eigenvalue weighted by Crippen LogP contribution is 2.22. The summed E-state index contributed by atoms with van der Waals surface area (Å²) in [5.41, 5.74) is 2.55. The number of rotatable bonds is 10. The molecule has 2 aromatic carbocycles. The summed E-state index contributed by atoms with van der Waals surface area (Å²) in [5.74, 6) is 1.64. The van der Waals surface area contributed by atoms with Gasteiger partial charge in [-0.05, 0) is 25.5 Å². The molecule has 0 fully saturated rings. The van der Waals surface area contributed by atoms with E-state index in [1.807, 2.05) is 44.2 Å². The molecule has 0 amide bonds. The van der Waals surface area contributed by atoms with Gasteiger partial charge in [0.25, 0.3) is 0 Å². The number of aryl methyl sites for hydroxylation is 1. The summed E-state index contributed by atoms with van der Waals surface area (Å²) >= 11 is 0. The third kappa shape index (κ3) is 9.84. The molecule has 2 rings (SSSR count). The van der Waals surface area contributed by atoms with E-state index in [1.54, 1.807) is 12.1 Å². The monoisotopic (exact) mass is 551 g/mol. The molecule has 2 N–H and O–H groups in total. The average molecular weight is 551 g/mol. The van der Waals surface area contributed by atoms with Crippen molar-refractivity contribution >= 4 is 40.7 Å². The third-order valence-electron chi connectivity index (χ3n) is 3.98. The lowest BCUT2D eigenvalue weighted by atomic mass is 10.1. The van der Waals surface area contributed by atoms with Gasteiger partial charge >= 0.3 is 6.61 Å². The van der Waals surface area contributed by atoms with Gasteiger partial charge in [0.15, 0.2) is 5.96 Å². The second-order valence-electron chi connectivity index (χ2n) is 6.39. The molecular weight excluding hydrogens is 523 g/mol. The zero-order chi connectivity index (χ0) is 21.1. The number of hydrogen-bond donors (Lipinski definition) is 2. The Bertz CT molecular complexity index is 823. The molecule has 1 unspecified atom stereocenters. The van der Waals surface area contributed by atoms with Crippen molar-refractivity contribution in [2.75, 3.05) is 18.8 Å². The lowest BCUT2D eigenvalue weighted by Gasteiger charge is -2.13. The molecule has 0 saturated heterocycles. The van der Waals surface area contributed by atoms with Crippen LogP contribution in [-0.2, 0) is 23.1 Å². The van der Waals surface area contributed by atoms with Crippen LogP contribution in [0.2, 0.25) is 0 Å². The maximum absolute atomic E-state index is 12.6. The van der Waals surface area contributed by atoms with Gasteiger partial charge < -0.3 is 15.4 Å². The Morgan fingerprint density at radius 2 is 1.90 bits per heavy atom. The van der Waals surface area contributed by atoms with E-state index < -0.39 is 17.4 Å². The van der Waals surface area contributed by atoms with Crippen LogP contribution < -0.4 is 15.4 Å². The van der Waals surface area contributed by atoms with Crippen molar-refractivity contribution < 1.29 is 17.7 Å². The van der Waals surface area contributed by atoms with E-state index in [1.165, 1.54) is 6.07 Å². The summed E-state index contributed by atoms with van der Waals surface area (Å²) in [6.45, 7) is 2.25. The summed E-state index contributed by atoms with van der Waals surface area (Å²) < 4.78 is 42.0. The maximum atomic E-state index is 12.6. The highest BCUT2D eigenvalue weighted by Gasteiger charge is 2.10. The molecule has 166 valence electrons. The van der Waals surface area contributed by atoms with Crippen LogP contribution in [0.25, 0.3) is 0 Å². The molecule has 0 heterocycles. The lowest BCUT2D eigenvalue weighted by molar-refractivity contribution is -0.0504. The zero-order valence-electron chi connectivity index (χ0n) is 17.1. The van der Waals surface area contributed by atoms with Gasteiger partial charge in [-0.1, -0.05) is 48.0 Å². The Hall–Kier alpha value is -1.75. The Balaban J connectivity index is 0.00000450. The van der Waals surface area contributed by atoms with Gasteiger partial charge in [-0.3, -0.25) is 4.21 Å². The second-order valence-corrected chi connectivity index (χ2v) is 7.96. The van der Waals surface area contributed by atoms with Crippen LogP contribution in [-0.4, -0.2) is 35.6 Å². The Labute approximate surface area is 196 Å². The third-order valence-corrected chi connectivity index (χ3v) is 5.29. The van der Waals surface area contributed by atoms with Crippen molar-refractivity contribution in [2.45, 2.75) is 32.8 Å². The van der Waals surface area contributed by atoms with Gasteiger partial charge in [0.1, 0.15) is 5.75 Å². The molecule has 0 aliphatic carbocycles. The molecule has 1 atom stereocenters. The largest absolute Gasteiger partial charge is 0.434 e. The van der Waals surface area contributed by atoms with E-state index in [0.717, 1.165) is 11.1 Å². The van der Waals surface area contributed by atoms with Crippen molar-refractivity contribution in [3.63, 3.8) is 0 Å². The molecule has 30 heavy (non-hydrogen) atoms. The average Bonchev–Trinajstić information content (AvgIpc) is 2.68. The minimum absolute atomic E-state index is 0. The minimum atomic E-state index is -2.88. The summed E-state index contributed by atoms with van der Waals surface area (Å²) in [7, 11) is -0.993. The summed E-state index contributed by atoms with van der Waals surface area (Å²) in [5, 5.41) is 6.24. The Morgan fingerprint density at radius 1 is 1.17 bits per heavy atom. The summed E-state index contributed by atoms with van der Waals surface area (Å²) in [6.07, 6.45) is 0. The molecule has 0 aliphatic rings. The Kier molecular flexibility index (Phi) is 12.5. The first-order valence-corrected chi connectivity index (χ1v) is 10.9. The quantitative estimate of drug-likeness (QED) is 0.264. The summed E-state index contributed by atoms with van der Waals surface area (Å²) in [4.78, 5) is 4.44. The number of nitrogens with one attached hydrogen (secondary N) is 2. The van der Waals surface area contributed by atoms with E-state index in [4.69, 9.17) is 0 Å². The molecule has 0 radical (unpaired) electrons. The van der Waals surface area contributed by atoms with Gasteiger partial charge in [-0.2, -0.15) is 8.78 Å². The van der Waals surface area contributed by atoms with Crippen LogP contribution in [0.4, 0.5) is 8.78 Å². The molecular formula is C21H28F2IN3O2S. The van der Waals surface area contributed by atoms with E-state index in [0.29, 0.717) is 36.1 Å². The Morgan fingerprint density at radius 3 is 2.57 bits per heavy atom. The number of aliphatic imine (C=N–C) groups is 1. The molecule has 0 saturated carbocycles. The number of nitrogens with zero attached hydrogens (tertiary/aromatic N) is 1. The number of halogens is 3. The van der Waals surface area contributed by atoms with Crippen LogP contribution in [0, 0.1) is 6.92 Å². The fourth-order valence-electron chi connectivity index (χ4n) is 2.66. The van der Waals surface area contributed by atoms with Crippen molar-refractivity contribution in [1.82, 2.24) is 10.6 Å². The van der Waals surface area contributed by atoms with Gasteiger partial charge in [0, 0.05) is 41.0 Å². The van der Waals surface area contributed by atoms with Gasteiger partial charge in [-0.15, -0.1) is 24.0 Å². The van der Waals surface area contributed by atoms with E-state index in [9.17, 15) is 13.0 Å². The molecule has 0 spiro atoms. The van der Waals surface area contributed by atoms with Gasteiger partial charge in [0.05, 0.1) is 6.54 Å². The fourth-order valence-corrected chi connectivity index (χ4v) is 3.70. The van der Waals surface area contributed by atoms with Crippen molar-refractivity contribution in [2.24, 2.45) is 4.99 Å². The van der Waals surface area contributed by atoms with Crippen LogP contribution in [0.3, 0.4) is 0 Å². The number of guanidine groups is 1. The molecule has 0 aromatic heterocycles. The second kappa shape index (κ2) is 14.3. The van der Waals surface area contributed by atoms with Crippen LogP contribution in [0.1, 0.15) is 23.6 Å². The standard InChI is InChI=1S/C21H27F2N3O2S.HI/c1-3-24-21(25-11-12-29(27)15-17-7-5-4-6-8-17)26-14-18-13-16(2)9-10-19(18)28-20(22)23;/h4-10,13,20H,3,11-12,14-15H2,1-2H3,(H2,24,25,26);1H. The molecule has 0 aliphatic heterocycles. The van der Waals surface area contributed by atoms with E-state index in [2.05, 4.69) is 20.4 Å². The first-order valence-electron chi connectivity index (χ1n) is 9.43. The maximum Gasteiger partial charge on any atom is 0.387 e. The fraction of sp³-hybridized carbons (Fsp3) is 0.381. The van der Waals surface area contributed by atoms with Crippen LogP contribution >= 0.6 is 24.0 Å². The van der Waals surface area contributed by atoms with E-state index >= 15 is 0 Å². The molecule has 9 heteroatoms. The van der Waals surface area contributed by atoms with Crippen LogP contribution in [0.5, 0.6) is 5.75 Å². The molecule has 0 bridgehead atoms. The van der Waals surface area contributed by atoms with E-state index in [-0.39, 0.29) is 36.3 Å². The van der Waals surface area contributed by atoms with Crippen molar-refractivity contribution in [3.05, 3.63) is 65.2 Å². The first kappa shape index (κ1) is 26.3. The van der Waals surface area contributed by atoms with Crippen molar-refractivity contribution in [1.29, 1.82) is 0 Å². The normalized spacial score (nSPS) is 12.2. The van der Waals surface area contributed by atoms with Gasteiger partial charge in [0.2, 0.25) is 0 Å². The van der Waals surface area contributed by atoms with Crippen molar-refractivity contribution in [3.8, 4) is 5.75 Å². The topological polar surface area (TPSA) is 62.7 Å². The SMILES string of the molecule is CCNC(=NCc1cc(C)ccc1OC(F)F)NCCS(=O)Cc1ccccc1.I.